The molecule has 0 saturated heterocycles. The van der Waals surface area contributed by atoms with Crippen molar-refractivity contribution < 1.29 is 4.74 Å². The van der Waals surface area contributed by atoms with Crippen LogP contribution in [0.25, 0.3) is 6.08 Å². The minimum atomic E-state index is -0.362. The van der Waals surface area contributed by atoms with Crippen molar-refractivity contribution in [3.05, 3.63) is 70.7 Å². The molecule has 0 N–H and O–H groups in total. The fourth-order valence-corrected chi connectivity index (χ4v) is 1.88. The number of pyridine rings is 1. The van der Waals surface area contributed by atoms with Crippen LogP contribution in [0.3, 0.4) is 0 Å². The number of hydrogen-bond acceptors (Lipinski definition) is 2. The van der Waals surface area contributed by atoms with Gasteiger partial charge in [0.15, 0.2) is 6.23 Å². The molecular weight excluding hydrogens is 214 g/mol. The molecule has 0 aliphatic carbocycles. The Kier molecular flexibility index (Phi) is 2.29. The van der Waals surface area contributed by atoms with Gasteiger partial charge in [0.2, 0.25) is 0 Å². The lowest BCUT2D eigenvalue weighted by molar-refractivity contribution is 0.175. The van der Waals surface area contributed by atoms with Crippen molar-refractivity contribution in [2.45, 2.75) is 6.23 Å². The van der Waals surface area contributed by atoms with E-state index in [-0.39, 0.29) is 11.8 Å². The van der Waals surface area contributed by atoms with Crippen molar-refractivity contribution in [1.82, 2.24) is 4.57 Å². The number of fused-ring (bicyclic) bond motifs is 1. The van der Waals surface area contributed by atoms with Gasteiger partial charge in [0.1, 0.15) is 5.75 Å². The molecule has 0 spiro atoms. The fraction of sp³-hybridized carbons (Fsp3) is 0.0714. The Labute approximate surface area is 98.6 Å². The largest absolute Gasteiger partial charge is 0.466 e. The Morgan fingerprint density at radius 1 is 1.06 bits per heavy atom. The van der Waals surface area contributed by atoms with Gasteiger partial charge in [-0.05, 0) is 24.3 Å². The highest BCUT2D eigenvalue weighted by atomic mass is 16.5. The van der Waals surface area contributed by atoms with Crippen molar-refractivity contribution in [3.8, 4) is 5.75 Å². The summed E-state index contributed by atoms with van der Waals surface area (Å²) in [5, 5.41) is 0. The van der Waals surface area contributed by atoms with E-state index in [4.69, 9.17) is 4.74 Å². The number of aromatic nitrogens is 1. The third kappa shape index (κ3) is 1.76. The molecule has 84 valence electrons. The standard InChI is InChI=1S/C14H11NO2/c16-13-7-3-4-10-15(13)14-9-8-11-5-1-2-6-12(11)17-14/h1-10,14H. The molecule has 0 saturated carbocycles. The van der Waals surface area contributed by atoms with Gasteiger partial charge < -0.3 is 4.74 Å². The van der Waals surface area contributed by atoms with E-state index in [0.717, 1.165) is 11.3 Å². The van der Waals surface area contributed by atoms with Crippen LogP contribution < -0.4 is 10.3 Å². The third-order valence-corrected chi connectivity index (χ3v) is 2.73. The van der Waals surface area contributed by atoms with Crippen molar-refractivity contribution in [3.63, 3.8) is 0 Å². The molecule has 0 fully saturated rings. The summed E-state index contributed by atoms with van der Waals surface area (Å²) in [5.41, 5.74) is 0.967. The van der Waals surface area contributed by atoms with E-state index >= 15 is 0 Å². The second-order valence-electron chi connectivity index (χ2n) is 3.85. The van der Waals surface area contributed by atoms with E-state index < -0.39 is 0 Å². The number of rotatable bonds is 1. The van der Waals surface area contributed by atoms with Crippen LogP contribution in [0.1, 0.15) is 11.8 Å². The maximum absolute atomic E-state index is 11.7. The lowest BCUT2D eigenvalue weighted by Gasteiger charge is -2.22. The molecule has 17 heavy (non-hydrogen) atoms. The predicted molar refractivity (Wildman–Crippen MR) is 65.8 cm³/mol. The molecule has 1 atom stereocenters. The smallest absolute Gasteiger partial charge is 0.253 e. The maximum Gasteiger partial charge on any atom is 0.253 e. The van der Waals surface area contributed by atoms with Gasteiger partial charge >= 0.3 is 0 Å². The van der Waals surface area contributed by atoms with Gasteiger partial charge in [0.05, 0.1) is 0 Å². The minimum absolute atomic E-state index is 0.0680. The molecule has 1 aromatic heterocycles. The summed E-state index contributed by atoms with van der Waals surface area (Å²) in [6.07, 6.45) is 5.22. The van der Waals surface area contributed by atoms with Crippen LogP contribution in [0.4, 0.5) is 0 Å². The second-order valence-corrected chi connectivity index (χ2v) is 3.85. The monoisotopic (exact) mass is 225 g/mol. The van der Waals surface area contributed by atoms with Crippen LogP contribution >= 0.6 is 0 Å². The van der Waals surface area contributed by atoms with Gasteiger partial charge in [0.25, 0.3) is 5.56 Å². The van der Waals surface area contributed by atoms with Gasteiger partial charge in [-0.15, -0.1) is 0 Å². The van der Waals surface area contributed by atoms with E-state index in [1.165, 1.54) is 6.07 Å². The summed E-state index contributed by atoms with van der Waals surface area (Å²) in [7, 11) is 0. The lowest BCUT2D eigenvalue weighted by Crippen LogP contribution is -2.26. The van der Waals surface area contributed by atoms with E-state index in [9.17, 15) is 4.79 Å². The molecule has 1 aliphatic rings. The van der Waals surface area contributed by atoms with Crippen LogP contribution in [-0.4, -0.2) is 4.57 Å². The molecule has 2 aromatic rings. The van der Waals surface area contributed by atoms with E-state index in [1.54, 1.807) is 16.8 Å². The molecule has 1 aliphatic heterocycles. The number of nitrogens with zero attached hydrogens (tertiary/aromatic N) is 1. The molecule has 0 bridgehead atoms. The normalized spacial score (nSPS) is 17.3. The zero-order valence-corrected chi connectivity index (χ0v) is 9.11. The second kappa shape index (κ2) is 3.94. The van der Waals surface area contributed by atoms with Gasteiger partial charge in [-0.2, -0.15) is 0 Å². The molecule has 0 radical (unpaired) electrons. The summed E-state index contributed by atoms with van der Waals surface area (Å²) >= 11 is 0. The van der Waals surface area contributed by atoms with Crippen LogP contribution in [0, 0.1) is 0 Å². The minimum Gasteiger partial charge on any atom is -0.466 e. The highest BCUT2D eigenvalue weighted by Gasteiger charge is 2.15. The van der Waals surface area contributed by atoms with Crippen LogP contribution in [0.2, 0.25) is 0 Å². The topological polar surface area (TPSA) is 31.2 Å². The van der Waals surface area contributed by atoms with E-state index in [2.05, 4.69) is 0 Å². The average Bonchev–Trinajstić information content (AvgIpc) is 2.39. The molecule has 3 rings (SSSR count). The fourth-order valence-electron chi connectivity index (χ4n) is 1.88. The predicted octanol–water partition coefficient (Wildman–Crippen LogP) is 2.45. The van der Waals surface area contributed by atoms with E-state index in [0.29, 0.717) is 0 Å². The summed E-state index contributed by atoms with van der Waals surface area (Å²) in [4.78, 5) is 11.7. The quantitative estimate of drug-likeness (QED) is 0.746. The van der Waals surface area contributed by atoms with Crippen molar-refractivity contribution >= 4 is 6.08 Å². The van der Waals surface area contributed by atoms with Crippen LogP contribution in [0.5, 0.6) is 5.75 Å². The molecular formula is C14H11NO2. The Morgan fingerprint density at radius 2 is 1.88 bits per heavy atom. The Hall–Kier alpha value is -2.29. The highest BCUT2D eigenvalue weighted by Crippen LogP contribution is 2.28. The van der Waals surface area contributed by atoms with Gasteiger partial charge in [0, 0.05) is 17.8 Å². The summed E-state index contributed by atoms with van der Waals surface area (Å²) < 4.78 is 7.34. The Bertz CT molecular complexity index is 628. The number of hydrogen-bond donors (Lipinski definition) is 0. The van der Waals surface area contributed by atoms with Gasteiger partial charge in [-0.3, -0.25) is 9.36 Å². The Balaban J connectivity index is 2.01. The van der Waals surface area contributed by atoms with Crippen LogP contribution in [0.15, 0.2) is 59.5 Å². The SMILES string of the molecule is O=c1ccccn1C1C=Cc2ccccc2O1. The molecule has 1 aromatic carbocycles. The van der Waals surface area contributed by atoms with Gasteiger partial charge in [-0.1, -0.05) is 24.3 Å². The maximum atomic E-state index is 11.7. The first-order valence-corrected chi connectivity index (χ1v) is 5.46. The van der Waals surface area contributed by atoms with Crippen LogP contribution in [-0.2, 0) is 0 Å². The zero-order chi connectivity index (χ0) is 11.7. The molecule has 2 heterocycles. The first-order valence-electron chi connectivity index (χ1n) is 5.46. The molecule has 3 nitrogen and oxygen atoms in total. The van der Waals surface area contributed by atoms with E-state index in [1.807, 2.05) is 42.5 Å². The zero-order valence-electron chi connectivity index (χ0n) is 9.11. The lowest BCUT2D eigenvalue weighted by atomic mass is 10.1. The summed E-state index contributed by atoms with van der Waals surface area (Å²) in [6.45, 7) is 0. The number of benzene rings is 1. The summed E-state index contributed by atoms with van der Waals surface area (Å²) in [5.74, 6) is 0.802. The first-order chi connectivity index (χ1) is 8.34. The third-order valence-electron chi connectivity index (χ3n) is 2.73. The van der Waals surface area contributed by atoms with Crippen molar-refractivity contribution in [1.29, 1.82) is 0 Å². The molecule has 3 heteroatoms. The number of para-hydroxylation sites is 1. The number of ether oxygens (including phenoxy) is 1. The first kappa shape index (κ1) is 9.90. The Morgan fingerprint density at radius 3 is 2.76 bits per heavy atom. The summed E-state index contributed by atoms with van der Waals surface area (Å²) in [6, 6.07) is 12.8. The van der Waals surface area contributed by atoms with Crippen molar-refractivity contribution in [2.24, 2.45) is 0 Å². The van der Waals surface area contributed by atoms with Gasteiger partial charge in [-0.25, -0.2) is 0 Å². The molecule has 0 amide bonds. The van der Waals surface area contributed by atoms with Crippen molar-refractivity contribution in [2.75, 3.05) is 0 Å². The molecule has 1 unspecified atom stereocenters. The highest BCUT2D eigenvalue weighted by molar-refractivity contribution is 5.59. The average molecular weight is 225 g/mol.